The van der Waals surface area contributed by atoms with Gasteiger partial charge in [0.25, 0.3) is 0 Å². The highest BCUT2D eigenvalue weighted by molar-refractivity contribution is 5.75. The van der Waals surface area contributed by atoms with Gasteiger partial charge in [0.2, 0.25) is 5.91 Å². The van der Waals surface area contributed by atoms with Crippen molar-refractivity contribution in [2.75, 3.05) is 6.54 Å². The van der Waals surface area contributed by atoms with Crippen LogP contribution in [0.5, 0.6) is 0 Å². The second-order valence-electron chi connectivity index (χ2n) is 2.81. The smallest absolute Gasteiger partial charge is 0.219 e. The highest BCUT2D eigenvalue weighted by atomic mass is 16.1. The highest BCUT2D eigenvalue weighted by Gasteiger charge is 1.95. The largest absolute Gasteiger partial charge is 0.356 e. The van der Waals surface area contributed by atoms with Crippen LogP contribution in [0.25, 0.3) is 0 Å². The summed E-state index contributed by atoms with van der Waals surface area (Å²) in [5.41, 5.74) is 1.20. The molecule has 1 N–H and O–H groups in total. The van der Waals surface area contributed by atoms with Crippen LogP contribution < -0.4 is 5.32 Å². The molecule has 15 heavy (non-hydrogen) atoms. The maximum Gasteiger partial charge on any atom is 0.219 e. The van der Waals surface area contributed by atoms with Gasteiger partial charge in [0.05, 0.1) is 0 Å². The predicted octanol–water partition coefficient (Wildman–Crippen LogP) is 2.18. The van der Waals surface area contributed by atoms with E-state index < -0.39 is 0 Å². The van der Waals surface area contributed by atoms with E-state index in [1.165, 1.54) is 5.56 Å². The van der Waals surface area contributed by atoms with E-state index in [4.69, 9.17) is 0 Å². The molecule has 1 aromatic rings. The average molecular weight is 208 g/mol. The van der Waals surface area contributed by atoms with E-state index in [2.05, 4.69) is 10.3 Å². The standard InChI is InChI=1S/C10H14N2O.C2H6/c1-2-10(13)12-8-5-9-3-6-11-7-4-9;1-2/h3-4,6-7H,2,5,8H2,1H3,(H,12,13);1-2H3. The Hall–Kier alpha value is -1.38. The summed E-state index contributed by atoms with van der Waals surface area (Å²) < 4.78 is 0. The van der Waals surface area contributed by atoms with Crippen molar-refractivity contribution < 1.29 is 4.79 Å². The Bertz CT molecular complexity index is 260. The number of carbonyl (C=O) groups is 1. The molecule has 0 aliphatic carbocycles. The minimum atomic E-state index is 0.106. The van der Waals surface area contributed by atoms with Crippen LogP contribution in [0.4, 0.5) is 0 Å². The summed E-state index contributed by atoms with van der Waals surface area (Å²) in [6, 6.07) is 3.91. The van der Waals surface area contributed by atoms with Gasteiger partial charge in [-0.2, -0.15) is 0 Å². The molecule has 0 radical (unpaired) electrons. The van der Waals surface area contributed by atoms with Crippen molar-refractivity contribution in [1.29, 1.82) is 0 Å². The topological polar surface area (TPSA) is 42.0 Å². The number of nitrogens with one attached hydrogen (secondary N) is 1. The number of hydrogen-bond acceptors (Lipinski definition) is 2. The third-order valence-corrected chi connectivity index (χ3v) is 1.81. The number of aromatic nitrogens is 1. The van der Waals surface area contributed by atoms with Gasteiger partial charge in [-0.1, -0.05) is 20.8 Å². The molecule has 0 unspecified atom stereocenters. The van der Waals surface area contributed by atoms with Gasteiger partial charge in [0, 0.05) is 25.4 Å². The van der Waals surface area contributed by atoms with Crippen LogP contribution in [0.15, 0.2) is 24.5 Å². The molecular formula is C12H20N2O. The molecule has 0 spiro atoms. The predicted molar refractivity (Wildman–Crippen MR) is 62.6 cm³/mol. The number of pyridine rings is 1. The van der Waals surface area contributed by atoms with Crippen LogP contribution in [0.1, 0.15) is 32.8 Å². The second kappa shape index (κ2) is 9.19. The Morgan fingerprint density at radius 1 is 1.33 bits per heavy atom. The van der Waals surface area contributed by atoms with E-state index >= 15 is 0 Å². The molecule has 0 saturated heterocycles. The van der Waals surface area contributed by atoms with Crippen molar-refractivity contribution in [3.8, 4) is 0 Å². The SMILES string of the molecule is CC.CCC(=O)NCCc1ccncc1. The number of rotatable bonds is 4. The van der Waals surface area contributed by atoms with Crippen LogP contribution >= 0.6 is 0 Å². The van der Waals surface area contributed by atoms with Gasteiger partial charge in [0.15, 0.2) is 0 Å². The monoisotopic (exact) mass is 208 g/mol. The highest BCUT2D eigenvalue weighted by Crippen LogP contribution is 1.95. The summed E-state index contributed by atoms with van der Waals surface area (Å²) >= 11 is 0. The van der Waals surface area contributed by atoms with Crippen molar-refractivity contribution in [3.63, 3.8) is 0 Å². The van der Waals surface area contributed by atoms with Gasteiger partial charge >= 0.3 is 0 Å². The molecule has 0 aromatic carbocycles. The lowest BCUT2D eigenvalue weighted by Gasteiger charge is -2.02. The number of hydrogen-bond donors (Lipinski definition) is 1. The van der Waals surface area contributed by atoms with Crippen molar-refractivity contribution in [1.82, 2.24) is 10.3 Å². The van der Waals surface area contributed by atoms with E-state index in [0.29, 0.717) is 13.0 Å². The van der Waals surface area contributed by atoms with E-state index in [0.717, 1.165) is 6.42 Å². The molecule has 3 heteroatoms. The first-order valence-electron chi connectivity index (χ1n) is 5.48. The van der Waals surface area contributed by atoms with Crippen molar-refractivity contribution in [3.05, 3.63) is 30.1 Å². The summed E-state index contributed by atoms with van der Waals surface area (Å²) in [6.45, 7) is 6.55. The molecule has 0 fully saturated rings. The third-order valence-electron chi connectivity index (χ3n) is 1.81. The molecule has 1 rings (SSSR count). The molecule has 0 atom stereocenters. The van der Waals surface area contributed by atoms with Gasteiger partial charge in [0.1, 0.15) is 0 Å². The Balaban J connectivity index is 0.000000921. The summed E-state index contributed by atoms with van der Waals surface area (Å²) in [7, 11) is 0. The molecular weight excluding hydrogens is 188 g/mol. The molecule has 84 valence electrons. The van der Waals surface area contributed by atoms with Gasteiger partial charge < -0.3 is 5.32 Å². The molecule has 0 bridgehead atoms. The summed E-state index contributed by atoms with van der Waals surface area (Å²) in [4.78, 5) is 14.8. The summed E-state index contributed by atoms with van der Waals surface area (Å²) in [5, 5.41) is 2.82. The lowest BCUT2D eigenvalue weighted by molar-refractivity contribution is -0.120. The maximum absolute atomic E-state index is 10.9. The van der Waals surface area contributed by atoms with E-state index in [1.807, 2.05) is 32.9 Å². The Kier molecular flexibility index (Phi) is 8.34. The van der Waals surface area contributed by atoms with Crippen molar-refractivity contribution in [2.45, 2.75) is 33.6 Å². The molecule has 1 aromatic heterocycles. The zero-order chi connectivity index (χ0) is 11.5. The molecule has 1 amide bonds. The minimum Gasteiger partial charge on any atom is -0.356 e. The van der Waals surface area contributed by atoms with Gasteiger partial charge in [-0.3, -0.25) is 9.78 Å². The first kappa shape index (κ1) is 13.6. The van der Waals surface area contributed by atoms with E-state index in [1.54, 1.807) is 12.4 Å². The fraction of sp³-hybridized carbons (Fsp3) is 0.500. The molecule has 0 aliphatic rings. The Morgan fingerprint density at radius 3 is 2.47 bits per heavy atom. The fourth-order valence-corrected chi connectivity index (χ4v) is 1.02. The Morgan fingerprint density at radius 2 is 1.93 bits per heavy atom. The number of carbonyl (C=O) groups excluding carboxylic acids is 1. The van der Waals surface area contributed by atoms with Gasteiger partial charge in [-0.15, -0.1) is 0 Å². The van der Waals surface area contributed by atoms with Crippen LogP contribution in [0.3, 0.4) is 0 Å². The Labute approximate surface area is 91.9 Å². The number of amides is 1. The molecule has 3 nitrogen and oxygen atoms in total. The first-order valence-corrected chi connectivity index (χ1v) is 5.48. The van der Waals surface area contributed by atoms with E-state index in [9.17, 15) is 4.79 Å². The normalized spacial score (nSPS) is 8.73. The summed E-state index contributed by atoms with van der Waals surface area (Å²) in [5.74, 6) is 0.106. The van der Waals surface area contributed by atoms with Crippen LogP contribution in [-0.2, 0) is 11.2 Å². The van der Waals surface area contributed by atoms with Crippen molar-refractivity contribution >= 4 is 5.91 Å². The fourth-order valence-electron chi connectivity index (χ4n) is 1.02. The van der Waals surface area contributed by atoms with Gasteiger partial charge in [-0.05, 0) is 24.1 Å². The van der Waals surface area contributed by atoms with Crippen LogP contribution in [0.2, 0.25) is 0 Å². The van der Waals surface area contributed by atoms with Crippen LogP contribution in [-0.4, -0.2) is 17.4 Å². The van der Waals surface area contributed by atoms with Crippen molar-refractivity contribution in [2.24, 2.45) is 0 Å². The first-order chi connectivity index (χ1) is 7.33. The minimum absolute atomic E-state index is 0.106. The second-order valence-corrected chi connectivity index (χ2v) is 2.81. The van der Waals surface area contributed by atoms with E-state index in [-0.39, 0.29) is 5.91 Å². The number of nitrogens with zero attached hydrogens (tertiary/aromatic N) is 1. The quantitative estimate of drug-likeness (QED) is 0.824. The van der Waals surface area contributed by atoms with Crippen LogP contribution in [0, 0.1) is 0 Å². The summed E-state index contributed by atoms with van der Waals surface area (Å²) in [6.07, 6.45) is 4.94. The zero-order valence-corrected chi connectivity index (χ0v) is 9.79. The molecule has 0 aliphatic heterocycles. The maximum atomic E-state index is 10.9. The molecule has 1 heterocycles. The average Bonchev–Trinajstić information content (AvgIpc) is 2.33. The lowest BCUT2D eigenvalue weighted by Crippen LogP contribution is -2.24. The molecule has 0 saturated carbocycles. The van der Waals surface area contributed by atoms with Gasteiger partial charge in [-0.25, -0.2) is 0 Å². The zero-order valence-electron chi connectivity index (χ0n) is 9.79. The lowest BCUT2D eigenvalue weighted by atomic mass is 10.2. The third kappa shape index (κ3) is 6.66.